The highest BCUT2D eigenvalue weighted by Crippen LogP contribution is 2.23. The summed E-state index contributed by atoms with van der Waals surface area (Å²) in [5.74, 6) is 0.470. The van der Waals surface area contributed by atoms with E-state index < -0.39 is 16.1 Å². The summed E-state index contributed by atoms with van der Waals surface area (Å²) in [5.41, 5.74) is 5.78. The third-order valence-corrected chi connectivity index (χ3v) is 3.19. The second kappa shape index (κ2) is 5.55. The van der Waals surface area contributed by atoms with E-state index in [1.807, 2.05) is 6.07 Å². The molecule has 94 valence electrons. The number of nitrogen functional groups attached to an aromatic ring is 1. The number of ether oxygens (including phenoxy) is 1. The summed E-state index contributed by atoms with van der Waals surface area (Å²) in [6.07, 6.45) is 0. The van der Waals surface area contributed by atoms with Gasteiger partial charge in [-0.15, -0.1) is 0 Å². The molecule has 1 atom stereocenters. The molecular weight excluding hydrogens is 250 g/mol. The van der Waals surface area contributed by atoms with Crippen molar-refractivity contribution in [1.82, 2.24) is 0 Å². The molecule has 0 saturated heterocycles. The molecule has 2 N–H and O–H groups in total. The van der Waals surface area contributed by atoms with Gasteiger partial charge in [-0.3, -0.25) is 0 Å². The molecule has 0 aromatic heterocycles. The second-order valence-electron chi connectivity index (χ2n) is 3.74. The van der Waals surface area contributed by atoms with Crippen LogP contribution in [0, 0.1) is 0 Å². The average Bonchev–Trinajstić information content (AvgIpc) is 2.38. The number of rotatable bonds is 4. The Labute approximate surface area is 107 Å². The van der Waals surface area contributed by atoms with Gasteiger partial charge >= 0.3 is 0 Å². The highest BCUT2D eigenvalue weighted by Gasteiger charge is 2.15. The maximum atomic E-state index is 11.3. The third-order valence-electron chi connectivity index (χ3n) is 2.40. The molecule has 0 bridgehead atoms. The Balaban J connectivity index is 2.25. The molecule has 0 aliphatic heterocycles. The van der Waals surface area contributed by atoms with Gasteiger partial charge in [0, 0.05) is 11.3 Å². The van der Waals surface area contributed by atoms with Gasteiger partial charge in [0.1, 0.15) is 5.75 Å². The first-order chi connectivity index (χ1) is 8.66. The Morgan fingerprint density at radius 1 is 0.944 bits per heavy atom. The topological polar surface area (TPSA) is 69.4 Å². The van der Waals surface area contributed by atoms with Crippen LogP contribution in [-0.2, 0) is 10.7 Å². The first kappa shape index (κ1) is 12.4. The Bertz CT molecular complexity index is 571. The molecule has 0 fully saturated rings. The summed E-state index contributed by atoms with van der Waals surface area (Å²) in [6.45, 7) is 0. The third kappa shape index (κ3) is 3.01. The largest absolute Gasteiger partial charge is 0.470 e. The molecule has 18 heavy (non-hydrogen) atoms. The van der Waals surface area contributed by atoms with Gasteiger partial charge in [-0.1, -0.05) is 30.3 Å². The van der Waals surface area contributed by atoms with Crippen molar-refractivity contribution in [1.29, 1.82) is 0 Å². The molecule has 1 unspecified atom stereocenters. The molecule has 2 rings (SSSR count). The molecule has 0 aliphatic rings. The zero-order chi connectivity index (χ0) is 13.0. The van der Waals surface area contributed by atoms with E-state index in [1.54, 1.807) is 48.5 Å². The van der Waals surface area contributed by atoms with Gasteiger partial charge in [0.05, 0.1) is 0 Å². The maximum absolute atomic E-state index is 11.3. The van der Waals surface area contributed by atoms with Crippen molar-refractivity contribution in [2.45, 2.75) is 5.44 Å². The predicted molar refractivity (Wildman–Crippen MR) is 71.0 cm³/mol. The van der Waals surface area contributed by atoms with Crippen molar-refractivity contribution in [3.05, 3.63) is 60.2 Å². The summed E-state index contributed by atoms with van der Waals surface area (Å²) in [4.78, 5) is 0. The van der Waals surface area contributed by atoms with Crippen molar-refractivity contribution < 1.29 is 13.2 Å². The van der Waals surface area contributed by atoms with Crippen LogP contribution in [0.4, 0.5) is 5.69 Å². The lowest BCUT2D eigenvalue weighted by Crippen LogP contribution is -2.09. The molecule has 0 heterocycles. The molecule has 2 aromatic carbocycles. The molecule has 0 saturated carbocycles. The fourth-order valence-electron chi connectivity index (χ4n) is 1.53. The fraction of sp³-hybridized carbons (Fsp3) is 0.0769. The molecule has 0 radical (unpaired) electrons. The minimum Gasteiger partial charge on any atom is -0.470 e. The fourth-order valence-corrected chi connectivity index (χ4v) is 2.15. The standard InChI is InChI=1S/C13H13NO3S/c14-11-6-8-12(9-7-11)17-13(18(15)16)10-4-2-1-3-5-10/h1-9,13,18H,14H2. The highest BCUT2D eigenvalue weighted by molar-refractivity contribution is 7.72. The zero-order valence-corrected chi connectivity index (χ0v) is 10.4. The van der Waals surface area contributed by atoms with E-state index >= 15 is 0 Å². The minimum absolute atomic E-state index is 0.470. The quantitative estimate of drug-likeness (QED) is 0.653. The van der Waals surface area contributed by atoms with Crippen LogP contribution in [0.2, 0.25) is 0 Å². The lowest BCUT2D eigenvalue weighted by atomic mass is 10.2. The Kier molecular flexibility index (Phi) is 3.84. The lowest BCUT2D eigenvalue weighted by Gasteiger charge is -2.13. The molecule has 0 aliphatic carbocycles. The van der Waals surface area contributed by atoms with Crippen LogP contribution >= 0.6 is 0 Å². The summed E-state index contributed by atoms with van der Waals surface area (Å²) in [7, 11) is -2.72. The van der Waals surface area contributed by atoms with Gasteiger partial charge in [0.2, 0.25) is 5.44 Å². The normalized spacial score (nSPS) is 12.3. The average molecular weight is 263 g/mol. The summed E-state index contributed by atoms with van der Waals surface area (Å²) >= 11 is 0. The van der Waals surface area contributed by atoms with E-state index in [9.17, 15) is 8.42 Å². The molecule has 4 nitrogen and oxygen atoms in total. The van der Waals surface area contributed by atoms with Crippen LogP contribution in [0.15, 0.2) is 54.6 Å². The van der Waals surface area contributed by atoms with Crippen molar-refractivity contribution >= 4 is 16.4 Å². The molecular formula is C13H13NO3S. The minimum atomic E-state index is -2.72. The first-order valence-electron chi connectivity index (χ1n) is 5.37. The van der Waals surface area contributed by atoms with E-state index in [0.717, 1.165) is 0 Å². The van der Waals surface area contributed by atoms with Gasteiger partial charge in [0.15, 0.2) is 10.7 Å². The van der Waals surface area contributed by atoms with E-state index in [-0.39, 0.29) is 0 Å². The maximum Gasteiger partial charge on any atom is 0.221 e. The predicted octanol–water partition coefficient (Wildman–Crippen LogP) is 1.96. The van der Waals surface area contributed by atoms with Gasteiger partial charge in [-0.05, 0) is 24.3 Å². The van der Waals surface area contributed by atoms with Crippen LogP contribution in [0.25, 0.3) is 0 Å². The van der Waals surface area contributed by atoms with Crippen LogP contribution in [0.3, 0.4) is 0 Å². The van der Waals surface area contributed by atoms with Crippen LogP contribution in [0.1, 0.15) is 11.0 Å². The zero-order valence-electron chi connectivity index (χ0n) is 9.52. The number of hydrogen-bond acceptors (Lipinski definition) is 4. The van der Waals surface area contributed by atoms with Crippen molar-refractivity contribution in [2.75, 3.05) is 5.73 Å². The monoisotopic (exact) mass is 263 g/mol. The molecule has 2 aromatic rings. The molecule has 5 heteroatoms. The number of thiol groups is 1. The van der Waals surface area contributed by atoms with E-state index in [1.165, 1.54) is 0 Å². The number of anilines is 1. The summed E-state index contributed by atoms with van der Waals surface area (Å²) < 4.78 is 28.0. The van der Waals surface area contributed by atoms with Gasteiger partial charge in [-0.2, -0.15) is 0 Å². The molecule has 0 spiro atoms. The smallest absolute Gasteiger partial charge is 0.221 e. The van der Waals surface area contributed by atoms with E-state index in [2.05, 4.69) is 0 Å². The van der Waals surface area contributed by atoms with Crippen LogP contribution < -0.4 is 10.5 Å². The van der Waals surface area contributed by atoms with Gasteiger partial charge < -0.3 is 10.5 Å². The van der Waals surface area contributed by atoms with E-state index in [0.29, 0.717) is 17.0 Å². The SMILES string of the molecule is Nc1ccc(OC(c2ccccc2)[SH](=O)=O)cc1. The van der Waals surface area contributed by atoms with E-state index in [4.69, 9.17) is 10.5 Å². The summed E-state index contributed by atoms with van der Waals surface area (Å²) in [6, 6.07) is 15.4. The number of hydrogen-bond donors (Lipinski definition) is 2. The Hall–Kier alpha value is -2.01. The molecule has 0 amide bonds. The van der Waals surface area contributed by atoms with Crippen LogP contribution in [-0.4, -0.2) is 8.42 Å². The Morgan fingerprint density at radius 3 is 2.11 bits per heavy atom. The Morgan fingerprint density at radius 2 is 1.56 bits per heavy atom. The van der Waals surface area contributed by atoms with Crippen molar-refractivity contribution in [2.24, 2.45) is 0 Å². The van der Waals surface area contributed by atoms with Crippen molar-refractivity contribution in [3.8, 4) is 5.75 Å². The number of nitrogens with two attached hydrogens (primary N) is 1. The lowest BCUT2D eigenvalue weighted by molar-refractivity contribution is 0.284. The van der Waals surface area contributed by atoms with Crippen LogP contribution in [0.5, 0.6) is 5.75 Å². The summed E-state index contributed by atoms with van der Waals surface area (Å²) in [5, 5.41) is 0. The van der Waals surface area contributed by atoms with Crippen molar-refractivity contribution in [3.63, 3.8) is 0 Å². The van der Waals surface area contributed by atoms with Gasteiger partial charge in [-0.25, -0.2) is 8.42 Å². The first-order valence-corrected chi connectivity index (χ1v) is 6.62. The highest BCUT2D eigenvalue weighted by atomic mass is 32.2. The van der Waals surface area contributed by atoms with Gasteiger partial charge in [0.25, 0.3) is 0 Å². The number of benzene rings is 2. The second-order valence-corrected chi connectivity index (χ2v) is 4.78.